The Labute approximate surface area is 110 Å². The van der Waals surface area contributed by atoms with E-state index in [0.717, 1.165) is 4.70 Å². The van der Waals surface area contributed by atoms with Crippen molar-refractivity contribution in [1.29, 1.82) is 0 Å². The number of carbonyl (C=O) groups is 1. The number of fused-ring (bicyclic) bond motifs is 1. The van der Waals surface area contributed by atoms with Gasteiger partial charge in [0.25, 0.3) is 0 Å². The number of aromatic nitrogens is 1. The van der Waals surface area contributed by atoms with Crippen LogP contribution in [0.3, 0.4) is 0 Å². The van der Waals surface area contributed by atoms with Crippen molar-refractivity contribution in [2.45, 2.75) is 6.04 Å². The topological polar surface area (TPSA) is 82.8 Å². The summed E-state index contributed by atoms with van der Waals surface area (Å²) in [6.45, 7) is 0. The fraction of sp³-hybridized carbons (Fsp3) is 0.182. The first-order valence-corrected chi connectivity index (χ1v) is 6.97. The van der Waals surface area contributed by atoms with Crippen molar-refractivity contribution in [3.63, 3.8) is 0 Å². The van der Waals surface area contributed by atoms with Crippen LogP contribution in [0.15, 0.2) is 23.2 Å². The number of benzene rings is 1. The van der Waals surface area contributed by atoms with Gasteiger partial charge in [-0.1, -0.05) is 0 Å². The highest BCUT2D eigenvalue weighted by molar-refractivity contribution is 8.15. The third kappa shape index (κ3) is 1.95. The second-order valence-corrected chi connectivity index (χ2v) is 5.81. The Balaban J connectivity index is 2.00. The molecule has 2 aromatic rings. The van der Waals surface area contributed by atoms with Crippen molar-refractivity contribution in [2.24, 2.45) is 4.99 Å². The summed E-state index contributed by atoms with van der Waals surface area (Å²) >= 11 is 2.86. The Morgan fingerprint density at radius 1 is 1.44 bits per heavy atom. The Kier molecular flexibility index (Phi) is 2.71. The maximum Gasteiger partial charge on any atom is 0.329 e. The third-order valence-electron chi connectivity index (χ3n) is 2.49. The minimum atomic E-state index is -0.906. The van der Waals surface area contributed by atoms with Gasteiger partial charge in [-0.3, -0.25) is 4.99 Å². The van der Waals surface area contributed by atoms with Crippen molar-refractivity contribution >= 4 is 44.3 Å². The van der Waals surface area contributed by atoms with E-state index in [1.165, 1.54) is 23.1 Å². The van der Waals surface area contributed by atoms with Gasteiger partial charge < -0.3 is 10.2 Å². The van der Waals surface area contributed by atoms with E-state index in [1.54, 1.807) is 18.2 Å². The summed E-state index contributed by atoms with van der Waals surface area (Å²) in [5.74, 6) is -0.286. The van der Waals surface area contributed by atoms with Gasteiger partial charge in [-0.25, -0.2) is 9.78 Å². The number of carboxylic acid groups (broad SMARTS) is 1. The highest BCUT2D eigenvalue weighted by atomic mass is 32.2. The molecule has 5 nitrogen and oxygen atoms in total. The molecule has 18 heavy (non-hydrogen) atoms. The molecule has 1 aromatic carbocycles. The molecule has 1 aromatic heterocycles. The molecule has 0 fully saturated rings. The lowest BCUT2D eigenvalue weighted by Gasteiger charge is -1.93. The average Bonchev–Trinajstić information content (AvgIpc) is 2.93. The molecule has 92 valence electrons. The zero-order chi connectivity index (χ0) is 12.7. The lowest BCUT2D eigenvalue weighted by atomic mass is 10.3. The van der Waals surface area contributed by atoms with Gasteiger partial charge in [-0.2, -0.15) is 0 Å². The first-order valence-electron chi connectivity index (χ1n) is 5.17. The van der Waals surface area contributed by atoms with E-state index < -0.39 is 12.0 Å². The van der Waals surface area contributed by atoms with Crippen LogP contribution in [-0.2, 0) is 4.79 Å². The van der Waals surface area contributed by atoms with Gasteiger partial charge in [0.2, 0.25) is 0 Å². The first kappa shape index (κ1) is 11.5. The quantitative estimate of drug-likeness (QED) is 0.878. The second-order valence-electron chi connectivity index (χ2n) is 3.77. The van der Waals surface area contributed by atoms with Gasteiger partial charge in [0.1, 0.15) is 15.8 Å². The number of carboxylic acids is 1. The minimum Gasteiger partial charge on any atom is -0.508 e. The third-order valence-corrected chi connectivity index (χ3v) is 4.72. The molecule has 0 saturated heterocycles. The van der Waals surface area contributed by atoms with E-state index in [4.69, 9.17) is 5.11 Å². The van der Waals surface area contributed by atoms with Crippen molar-refractivity contribution in [1.82, 2.24) is 4.98 Å². The number of nitrogens with zero attached hydrogens (tertiary/aromatic N) is 2. The second kappa shape index (κ2) is 4.25. The Morgan fingerprint density at radius 3 is 3.00 bits per heavy atom. The van der Waals surface area contributed by atoms with Crippen molar-refractivity contribution in [3.05, 3.63) is 23.2 Å². The van der Waals surface area contributed by atoms with Crippen LogP contribution in [0.2, 0.25) is 0 Å². The molecule has 0 amide bonds. The van der Waals surface area contributed by atoms with Crippen LogP contribution in [-0.4, -0.2) is 38.0 Å². The number of phenolic OH excluding ortho intramolecular Hbond substituents is 1. The number of hydrogen-bond donors (Lipinski definition) is 2. The van der Waals surface area contributed by atoms with E-state index in [1.807, 2.05) is 0 Å². The number of rotatable bonds is 2. The normalized spacial score (nSPS) is 19.1. The SMILES string of the molecule is O=C(O)[C@H]1CSC(c2nc3cc(O)ccc3s2)=N1. The van der Waals surface area contributed by atoms with Crippen LogP contribution in [0.4, 0.5) is 0 Å². The molecule has 1 atom stereocenters. The molecule has 2 heterocycles. The molecule has 7 heteroatoms. The number of thiazole rings is 1. The van der Waals surface area contributed by atoms with Crippen LogP contribution in [0.5, 0.6) is 5.75 Å². The Morgan fingerprint density at radius 2 is 2.28 bits per heavy atom. The lowest BCUT2D eigenvalue weighted by Crippen LogP contribution is -2.17. The van der Waals surface area contributed by atoms with Crippen LogP contribution in [0, 0.1) is 0 Å². The number of aliphatic carboxylic acids is 1. The van der Waals surface area contributed by atoms with Gasteiger partial charge >= 0.3 is 5.97 Å². The number of hydrogen-bond acceptors (Lipinski definition) is 6. The molecule has 0 spiro atoms. The van der Waals surface area contributed by atoms with E-state index >= 15 is 0 Å². The predicted octanol–water partition coefficient (Wildman–Crippen LogP) is 1.95. The zero-order valence-corrected chi connectivity index (χ0v) is 10.7. The first-order chi connectivity index (χ1) is 8.63. The highest BCUT2D eigenvalue weighted by Crippen LogP contribution is 2.31. The summed E-state index contributed by atoms with van der Waals surface area (Å²) in [6.07, 6.45) is 0. The van der Waals surface area contributed by atoms with Gasteiger partial charge in [0.15, 0.2) is 6.04 Å². The number of thioether (sulfide) groups is 1. The molecule has 2 N–H and O–H groups in total. The summed E-state index contributed by atoms with van der Waals surface area (Å²) in [7, 11) is 0. The van der Waals surface area contributed by atoms with Gasteiger partial charge in [0, 0.05) is 11.8 Å². The van der Waals surface area contributed by atoms with Gasteiger partial charge in [0.05, 0.1) is 10.2 Å². The maximum atomic E-state index is 10.8. The molecule has 0 aliphatic carbocycles. The fourth-order valence-corrected chi connectivity index (χ4v) is 3.67. The molecule has 3 rings (SSSR count). The van der Waals surface area contributed by atoms with Crippen molar-refractivity contribution in [2.75, 3.05) is 5.75 Å². The fourth-order valence-electron chi connectivity index (χ4n) is 1.62. The molecule has 0 radical (unpaired) electrons. The average molecular weight is 280 g/mol. The lowest BCUT2D eigenvalue weighted by molar-refractivity contribution is -0.137. The Bertz CT molecular complexity index is 665. The molecule has 1 aliphatic rings. The number of phenols is 1. The molecule has 0 saturated carbocycles. The number of aliphatic imine (C=N–C) groups is 1. The van der Waals surface area contributed by atoms with E-state index in [0.29, 0.717) is 21.3 Å². The van der Waals surface area contributed by atoms with E-state index in [9.17, 15) is 9.90 Å². The molecular weight excluding hydrogens is 272 g/mol. The zero-order valence-electron chi connectivity index (χ0n) is 9.03. The van der Waals surface area contributed by atoms with Gasteiger partial charge in [-0.05, 0) is 12.1 Å². The van der Waals surface area contributed by atoms with Crippen LogP contribution >= 0.6 is 23.1 Å². The monoisotopic (exact) mass is 280 g/mol. The van der Waals surface area contributed by atoms with Crippen molar-refractivity contribution in [3.8, 4) is 5.75 Å². The summed E-state index contributed by atoms with van der Waals surface area (Å²) < 4.78 is 0.949. The van der Waals surface area contributed by atoms with Crippen molar-refractivity contribution < 1.29 is 15.0 Å². The smallest absolute Gasteiger partial charge is 0.329 e. The molecular formula is C11H8N2O3S2. The summed E-state index contributed by atoms with van der Waals surface area (Å²) in [5.41, 5.74) is 0.706. The van der Waals surface area contributed by atoms with Gasteiger partial charge in [-0.15, -0.1) is 23.1 Å². The predicted molar refractivity (Wildman–Crippen MR) is 71.7 cm³/mol. The number of aromatic hydroxyl groups is 1. The highest BCUT2D eigenvalue weighted by Gasteiger charge is 2.26. The van der Waals surface area contributed by atoms with Crippen LogP contribution < -0.4 is 0 Å². The minimum absolute atomic E-state index is 0.170. The molecule has 0 unspecified atom stereocenters. The molecule has 0 bridgehead atoms. The van der Waals surface area contributed by atoms with Crippen LogP contribution in [0.1, 0.15) is 5.01 Å². The summed E-state index contributed by atoms with van der Waals surface area (Å²) in [5, 5.41) is 19.6. The summed E-state index contributed by atoms with van der Waals surface area (Å²) in [6, 6.07) is 4.31. The van der Waals surface area contributed by atoms with E-state index in [-0.39, 0.29) is 5.75 Å². The summed E-state index contributed by atoms with van der Waals surface area (Å²) in [4.78, 5) is 19.3. The van der Waals surface area contributed by atoms with E-state index in [2.05, 4.69) is 9.98 Å². The Hall–Kier alpha value is -1.60. The van der Waals surface area contributed by atoms with Crippen LogP contribution in [0.25, 0.3) is 10.2 Å². The maximum absolute atomic E-state index is 10.8. The largest absolute Gasteiger partial charge is 0.508 e. The standard InChI is InChI=1S/C11H8N2O3S2/c14-5-1-2-8-6(3-5)12-10(18-8)9-13-7(4-17-9)11(15)16/h1-3,7,14H,4H2,(H,15,16)/t7-/m1/s1. The molecule has 1 aliphatic heterocycles.